The lowest BCUT2D eigenvalue weighted by atomic mass is 9.95. The van der Waals surface area contributed by atoms with E-state index in [1.54, 1.807) is 20.8 Å². The van der Waals surface area contributed by atoms with E-state index >= 15 is 0 Å². The second kappa shape index (κ2) is 6.00. The van der Waals surface area contributed by atoms with Gasteiger partial charge in [0.15, 0.2) is 0 Å². The van der Waals surface area contributed by atoms with Crippen LogP contribution in [0, 0.1) is 16.7 Å². The standard InChI is InChI=1S/C13H16ClN3O2/c1-13(2,3)12(19)17-9-7-16-11(14)6-8(9)10(18)4-5-15/h6-7,10,18H,4H2,1-3H3,(H,17,19). The van der Waals surface area contributed by atoms with Crippen molar-refractivity contribution in [3.05, 3.63) is 23.0 Å². The van der Waals surface area contributed by atoms with Crippen LogP contribution in [0.5, 0.6) is 0 Å². The molecule has 6 heteroatoms. The number of nitriles is 1. The Morgan fingerprint density at radius 2 is 2.26 bits per heavy atom. The molecule has 0 radical (unpaired) electrons. The molecule has 1 atom stereocenters. The molecule has 0 saturated carbocycles. The number of aliphatic hydroxyl groups is 1. The van der Waals surface area contributed by atoms with Gasteiger partial charge in [-0.3, -0.25) is 4.79 Å². The molecule has 0 fully saturated rings. The summed E-state index contributed by atoms with van der Waals surface area (Å²) >= 11 is 5.77. The number of aliphatic hydroxyl groups excluding tert-OH is 1. The third kappa shape index (κ3) is 4.19. The zero-order valence-corrected chi connectivity index (χ0v) is 11.8. The lowest BCUT2D eigenvalue weighted by Gasteiger charge is -2.20. The van der Waals surface area contributed by atoms with Crippen molar-refractivity contribution in [2.75, 3.05) is 5.32 Å². The third-order valence-electron chi connectivity index (χ3n) is 2.48. The first-order valence-corrected chi connectivity index (χ1v) is 6.15. The van der Waals surface area contributed by atoms with Gasteiger partial charge < -0.3 is 10.4 Å². The smallest absolute Gasteiger partial charge is 0.229 e. The van der Waals surface area contributed by atoms with Gasteiger partial charge in [0, 0.05) is 11.0 Å². The summed E-state index contributed by atoms with van der Waals surface area (Å²) in [6.45, 7) is 5.32. The predicted molar refractivity (Wildman–Crippen MR) is 72.5 cm³/mol. The third-order valence-corrected chi connectivity index (χ3v) is 2.68. The number of carbonyl (C=O) groups is 1. The van der Waals surface area contributed by atoms with Gasteiger partial charge in [0.2, 0.25) is 5.91 Å². The normalized spacial score (nSPS) is 12.6. The van der Waals surface area contributed by atoms with Gasteiger partial charge in [-0.15, -0.1) is 0 Å². The number of nitrogens with one attached hydrogen (secondary N) is 1. The molecule has 1 rings (SSSR count). The fourth-order valence-corrected chi connectivity index (χ4v) is 1.50. The first-order valence-electron chi connectivity index (χ1n) is 5.77. The van der Waals surface area contributed by atoms with Crippen LogP contribution in [0.3, 0.4) is 0 Å². The molecule has 0 bridgehead atoms. The molecule has 102 valence electrons. The molecule has 2 N–H and O–H groups in total. The summed E-state index contributed by atoms with van der Waals surface area (Å²) in [5, 5.41) is 21.4. The van der Waals surface area contributed by atoms with E-state index in [4.69, 9.17) is 16.9 Å². The molecule has 1 heterocycles. The monoisotopic (exact) mass is 281 g/mol. The van der Waals surface area contributed by atoms with Crippen molar-refractivity contribution in [1.29, 1.82) is 5.26 Å². The van der Waals surface area contributed by atoms with E-state index in [9.17, 15) is 9.90 Å². The van der Waals surface area contributed by atoms with E-state index in [0.717, 1.165) is 0 Å². The van der Waals surface area contributed by atoms with Crippen LogP contribution in [0.4, 0.5) is 5.69 Å². The van der Waals surface area contributed by atoms with Crippen molar-refractivity contribution < 1.29 is 9.90 Å². The minimum absolute atomic E-state index is 0.0846. The second-order valence-corrected chi connectivity index (χ2v) is 5.56. The average molecular weight is 282 g/mol. The quantitative estimate of drug-likeness (QED) is 0.834. The molecule has 0 aliphatic carbocycles. The number of carbonyl (C=O) groups excluding carboxylic acids is 1. The van der Waals surface area contributed by atoms with Crippen LogP contribution in [-0.2, 0) is 4.79 Å². The van der Waals surface area contributed by atoms with E-state index in [2.05, 4.69) is 10.3 Å². The highest BCUT2D eigenvalue weighted by Crippen LogP contribution is 2.28. The summed E-state index contributed by atoms with van der Waals surface area (Å²) in [5.41, 5.74) is 0.183. The summed E-state index contributed by atoms with van der Waals surface area (Å²) in [6, 6.07) is 3.32. The van der Waals surface area contributed by atoms with E-state index in [0.29, 0.717) is 11.3 Å². The van der Waals surface area contributed by atoms with Gasteiger partial charge in [0.05, 0.1) is 30.5 Å². The maximum absolute atomic E-state index is 11.9. The van der Waals surface area contributed by atoms with Gasteiger partial charge in [-0.05, 0) is 6.07 Å². The van der Waals surface area contributed by atoms with E-state index in [1.807, 2.05) is 6.07 Å². The molecule has 0 aromatic carbocycles. The van der Waals surface area contributed by atoms with Crippen molar-refractivity contribution >= 4 is 23.2 Å². The fraction of sp³-hybridized carbons (Fsp3) is 0.462. The minimum atomic E-state index is -1.01. The zero-order chi connectivity index (χ0) is 14.6. The van der Waals surface area contributed by atoms with E-state index in [-0.39, 0.29) is 17.5 Å². The summed E-state index contributed by atoms with van der Waals surface area (Å²) in [5.74, 6) is -0.206. The van der Waals surface area contributed by atoms with Gasteiger partial charge in [0.25, 0.3) is 0 Å². The maximum Gasteiger partial charge on any atom is 0.229 e. The minimum Gasteiger partial charge on any atom is -0.387 e. The summed E-state index contributed by atoms with van der Waals surface area (Å²) in [6.07, 6.45) is 0.279. The van der Waals surface area contributed by atoms with Crippen molar-refractivity contribution in [1.82, 2.24) is 4.98 Å². The number of hydrogen-bond acceptors (Lipinski definition) is 4. The molecule has 19 heavy (non-hydrogen) atoms. The Labute approximate surface area is 117 Å². The molecule has 0 aliphatic heterocycles. The van der Waals surface area contributed by atoms with Crippen LogP contribution in [0.2, 0.25) is 5.15 Å². The molecular formula is C13H16ClN3O2. The molecule has 0 spiro atoms. The molecule has 1 unspecified atom stereocenters. The summed E-state index contributed by atoms with van der Waals surface area (Å²) < 4.78 is 0. The molecule has 1 aromatic rings. The Morgan fingerprint density at radius 3 is 2.79 bits per heavy atom. The Bertz CT molecular complexity index is 518. The zero-order valence-electron chi connectivity index (χ0n) is 11.1. The summed E-state index contributed by atoms with van der Waals surface area (Å²) in [4.78, 5) is 15.8. The lowest BCUT2D eigenvalue weighted by molar-refractivity contribution is -0.123. The number of aromatic nitrogens is 1. The number of hydrogen-bond donors (Lipinski definition) is 2. The van der Waals surface area contributed by atoms with E-state index in [1.165, 1.54) is 12.3 Å². The maximum atomic E-state index is 11.9. The number of nitrogens with zero attached hydrogens (tertiary/aromatic N) is 2. The summed E-state index contributed by atoms with van der Waals surface area (Å²) in [7, 11) is 0. The lowest BCUT2D eigenvalue weighted by Crippen LogP contribution is -2.28. The van der Waals surface area contributed by atoms with Crippen LogP contribution in [0.15, 0.2) is 12.3 Å². The Balaban J connectivity index is 3.08. The highest BCUT2D eigenvalue weighted by atomic mass is 35.5. The van der Waals surface area contributed by atoms with Crippen LogP contribution < -0.4 is 5.32 Å². The van der Waals surface area contributed by atoms with Crippen LogP contribution in [0.25, 0.3) is 0 Å². The van der Waals surface area contributed by atoms with Gasteiger partial charge >= 0.3 is 0 Å². The Hall–Kier alpha value is -1.64. The molecule has 1 aromatic heterocycles. The topological polar surface area (TPSA) is 86.0 Å². The predicted octanol–water partition coefficient (Wildman–Crippen LogP) is 2.67. The van der Waals surface area contributed by atoms with Crippen molar-refractivity contribution in [3.8, 4) is 6.07 Å². The average Bonchev–Trinajstić information content (AvgIpc) is 2.30. The van der Waals surface area contributed by atoms with Crippen LogP contribution in [0.1, 0.15) is 38.9 Å². The van der Waals surface area contributed by atoms with E-state index < -0.39 is 11.5 Å². The highest BCUT2D eigenvalue weighted by Gasteiger charge is 2.23. The molecule has 1 amide bonds. The largest absolute Gasteiger partial charge is 0.387 e. The Kier molecular flexibility index (Phi) is 4.87. The molecule has 5 nitrogen and oxygen atoms in total. The van der Waals surface area contributed by atoms with Crippen molar-refractivity contribution in [2.45, 2.75) is 33.3 Å². The van der Waals surface area contributed by atoms with Crippen molar-refractivity contribution in [2.24, 2.45) is 5.41 Å². The highest BCUT2D eigenvalue weighted by molar-refractivity contribution is 6.29. The number of halogens is 1. The Morgan fingerprint density at radius 1 is 1.63 bits per heavy atom. The molecule has 0 aliphatic rings. The second-order valence-electron chi connectivity index (χ2n) is 5.18. The number of anilines is 1. The van der Waals surface area contributed by atoms with Crippen molar-refractivity contribution in [3.63, 3.8) is 0 Å². The molecular weight excluding hydrogens is 266 g/mol. The van der Waals surface area contributed by atoms with Crippen LogP contribution >= 0.6 is 11.6 Å². The molecule has 0 saturated heterocycles. The number of rotatable bonds is 3. The number of pyridine rings is 1. The SMILES string of the molecule is CC(C)(C)C(=O)Nc1cnc(Cl)cc1C(O)CC#N. The first-order chi connectivity index (χ1) is 8.75. The fourth-order valence-electron chi connectivity index (χ4n) is 1.33. The number of amides is 1. The van der Waals surface area contributed by atoms with Crippen LogP contribution in [-0.4, -0.2) is 16.0 Å². The van der Waals surface area contributed by atoms with Gasteiger partial charge in [-0.2, -0.15) is 5.26 Å². The van der Waals surface area contributed by atoms with Gasteiger partial charge in [-0.25, -0.2) is 4.98 Å². The first kappa shape index (κ1) is 15.4. The van der Waals surface area contributed by atoms with Gasteiger partial charge in [0.1, 0.15) is 5.15 Å². The van der Waals surface area contributed by atoms with Gasteiger partial charge in [-0.1, -0.05) is 32.4 Å².